The van der Waals surface area contributed by atoms with Crippen LogP contribution in [-0.2, 0) is 29.3 Å². The third-order valence-electron chi connectivity index (χ3n) is 1.55. The van der Waals surface area contributed by atoms with E-state index >= 15 is 0 Å². The molecule has 0 bridgehead atoms. The molecule has 21 heavy (non-hydrogen) atoms. The Hall–Kier alpha value is -1.21. The molecule has 0 saturated heterocycles. The van der Waals surface area contributed by atoms with Gasteiger partial charge in [-0.3, -0.25) is 23.7 Å². The van der Waals surface area contributed by atoms with Crippen molar-refractivity contribution in [3.8, 4) is 0 Å². The second-order valence-electron chi connectivity index (χ2n) is 3.23. The maximum absolute atomic E-state index is 10.2. The first-order chi connectivity index (χ1) is 8.87. The number of hydrogen-bond acceptors (Lipinski definition) is 6. The van der Waals surface area contributed by atoms with Crippen molar-refractivity contribution in [1.29, 1.82) is 0 Å². The van der Waals surface area contributed by atoms with E-state index in [9.17, 15) is 27.6 Å². The molecule has 0 radical (unpaired) electrons. The second kappa shape index (κ2) is 11.4. The van der Waals surface area contributed by atoms with E-state index in [1.165, 1.54) is 0 Å². The average molecular weight is 340 g/mol. The normalized spacial score (nSPS) is 11.1. The molecular formula is C8H13NaO11S. The Kier molecular flexibility index (Phi) is 13.5. The zero-order chi connectivity index (χ0) is 16.5. The maximum atomic E-state index is 10.2. The summed E-state index contributed by atoms with van der Waals surface area (Å²) < 4.78 is 28.7. The standard InChI is InChI=1S/C4H6O7S.C4H6O4.Na.H/c5-3(6)1-2(4(7)8)12(9,10)11;5-3(6)1-2-4(7)8;;/h2H,1H2,(H,5,6)(H,7,8)(H,9,10,11);1-2H2,(H,5,6)(H,7,8);;. The van der Waals surface area contributed by atoms with Gasteiger partial charge in [-0.15, -0.1) is 0 Å². The third-order valence-corrected chi connectivity index (χ3v) is 2.64. The third kappa shape index (κ3) is 16.7. The Balaban J connectivity index is -0.000000317. The van der Waals surface area contributed by atoms with Crippen molar-refractivity contribution in [2.45, 2.75) is 24.5 Å². The van der Waals surface area contributed by atoms with E-state index in [2.05, 4.69) is 0 Å². The van der Waals surface area contributed by atoms with Crippen LogP contribution in [0.3, 0.4) is 0 Å². The molecule has 0 spiro atoms. The van der Waals surface area contributed by atoms with Crippen LogP contribution in [0.2, 0.25) is 0 Å². The van der Waals surface area contributed by atoms with E-state index < -0.39 is 45.7 Å². The molecule has 0 aromatic carbocycles. The summed E-state index contributed by atoms with van der Waals surface area (Å²) in [6.45, 7) is 0. The zero-order valence-corrected chi connectivity index (χ0v) is 10.6. The van der Waals surface area contributed by atoms with Gasteiger partial charge in [0.05, 0.1) is 19.3 Å². The minimum atomic E-state index is -4.84. The number of rotatable bonds is 7. The summed E-state index contributed by atoms with van der Waals surface area (Å²) in [4.78, 5) is 39.3. The monoisotopic (exact) mass is 340 g/mol. The number of hydrogen-bond donors (Lipinski definition) is 5. The van der Waals surface area contributed by atoms with Gasteiger partial charge in [-0.1, -0.05) is 0 Å². The van der Waals surface area contributed by atoms with Gasteiger partial charge in [0.2, 0.25) is 0 Å². The van der Waals surface area contributed by atoms with Gasteiger partial charge in [0, 0.05) is 0 Å². The molecule has 0 heterocycles. The van der Waals surface area contributed by atoms with Crippen molar-refractivity contribution in [2.24, 2.45) is 0 Å². The van der Waals surface area contributed by atoms with E-state index in [0.717, 1.165) is 0 Å². The minimum absolute atomic E-state index is 0. The molecule has 5 N–H and O–H groups in total. The topological polar surface area (TPSA) is 204 Å². The van der Waals surface area contributed by atoms with Crippen molar-refractivity contribution in [3.63, 3.8) is 0 Å². The molecule has 0 aliphatic heterocycles. The van der Waals surface area contributed by atoms with Crippen LogP contribution in [0.15, 0.2) is 0 Å². The van der Waals surface area contributed by atoms with Crippen LogP contribution in [0.4, 0.5) is 0 Å². The summed E-state index contributed by atoms with van der Waals surface area (Å²) in [5.41, 5.74) is 0. The van der Waals surface area contributed by atoms with Gasteiger partial charge in [0.1, 0.15) is 0 Å². The summed E-state index contributed by atoms with van der Waals surface area (Å²) in [6.07, 6.45) is -1.75. The SMILES string of the molecule is O=C(O)CC(C(=O)O)S(=O)(=O)O.O=C(O)CCC(=O)O.[NaH]. The van der Waals surface area contributed by atoms with Gasteiger partial charge < -0.3 is 20.4 Å². The average Bonchev–Trinajstić information content (AvgIpc) is 2.22. The summed E-state index contributed by atoms with van der Waals surface area (Å²) >= 11 is 0. The molecule has 0 rings (SSSR count). The van der Waals surface area contributed by atoms with E-state index in [-0.39, 0.29) is 42.4 Å². The first-order valence-electron chi connectivity index (χ1n) is 4.72. The molecular weight excluding hydrogens is 327 g/mol. The fourth-order valence-corrected chi connectivity index (χ4v) is 1.30. The van der Waals surface area contributed by atoms with Gasteiger partial charge in [0.25, 0.3) is 10.1 Å². The molecule has 0 amide bonds. The van der Waals surface area contributed by atoms with Gasteiger partial charge in [-0.2, -0.15) is 8.42 Å². The number of carboxylic acid groups (broad SMARTS) is 4. The Morgan fingerprint density at radius 1 is 0.810 bits per heavy atom. The van der Waals surface area contributed by atoms with E-state index in [1.54, 1.807) is 0 Å². The molecule has 0 aromatic rings. The van der Waals surface area contributed by atoms with Crippen molar-refractivity contribution in [1.82, 2.24) is 0 Å². The molecule has 0 aromatic heterocycles. The molecule has 13 heteroatoms. The van der Waals surface area contributed by atoms with Crippen LogP contribution in [0.25, 0.3) is 0 Å². The van der Waals surface area contributed by atoms with Crippen LogP contribution in [0.5, 0.6) is 0 Å². The van der Waals surface area contributed by atoms with E-state index in [1.807, 2.05) is 0 Å². The number of carbonyl (C=O) groups is 4. The van der Waals surface area contributed by atoms with E-state index in [0.29, 0.717) is 0 Å². The molecule has 0 aliphatic rings. The number of carboxylic acids is 4. The van der Waals surface area contributed by atoms with Gasteiger partial charge in [-0.05, 0) is 0 Å². The molecule has 0 saturated carbocycles. The molecule has 1 unspecified atom stereocenters. The molecule has 118 valence electrons. The summed E-state index contributed by atoms with van der Waals surface area (Å²) in [5, 5.41) is 29.7. The Morgan fingerprint density at radius 3 is 1.24 bits per heavy atom. The van der Waals surface area contributed by atoms with E-state index in [4.69, 9.17) is 25.0 Å². The second-order valence-corrected chi connectivity index (χ2v) is 4.83. The summed E-state index contributed by atoms with van der Waals surface area (Å²) in [5.74, 6) is -5.65. The Morgan fingerprint density at radius 2 is 1.14 bits per heavy atom. The van der Waals surface area contributed by atoms with Crippen LogP contribution < -0.4 is 0 Å². The predicted octanol–water partition coefficient (Wildman–Crippen LogP) is -1.91. The Labute approximate surface area is 140 Å². The van der Waals surface area contributed by atoms with Crippen molar-refractivity contribution in [3.05, 3.63) is 0 Å². The van der Waals surface area contributed by atoms with Crippen molar-refractivity contribution >= 4 is 63.6 Å². The Bertz CT molecular complexity index is 468. The fourth-order valence-electron chi connectivity index (χ4n) is 0.692. The molecule has 11 nitrogen and oxygen atoms in total. The predicted molar refractivity (Wildman–Crippen MR) is 66.9 cm³/mol. The molecule has 1 atom stereocenters. The fraction of sp³-hybridized carbons (Fsp3) is 0.500. The molecule has 0 aliphatic carbocycles. The van der Waals surface area contributed by atoms with Crippen LogP contribution in [0, 0.1) is 0 Å². The van der Waals surface area contributed by atoms with Gasteiger partial charge >= 0.3 is 53.4 Å². The van der Waals surface area contributed by atoms with Crippen molar-refractivity contribution < 1.29 is 52.6 Å². The quantitative estimate of drug-likeness (QED) is 0.255. The van der Waals surface area contributed by atoms with Gasteiger partial charge in [0.15, 0.2) is 5.25 Å². The van der Waals surface area contributed by atoms with Crippen LogP contribution >= 0.6 is 0 Å². The van der Waals surface area contributed by atoms with Crippen LogP contribution in [0.1, 0.15) is 19.3 Å². The molecule has 0 fully saturated rings. The van der Waals surface area contributed by atoms with Gasteiger partial charge in [-0.25, -0.2) is 0 Å². The van der Waals surface area contributed by atoms with Crippen molar-refractivity contribution in [2.75, 3.05) is 0 Å². The first kappa shape index (κ1) is 24.8. The summed E-state index contributed by atoms with van der Waals surface area (Å²) in [6, 6.07) is 0. The summed E-state index contributed by atoms with van der Waals surface area (Å²) in [7, 11) is -4.84. The number of aliphatic carboxylic acids is 4. The zero-order valence-electron chi connectivity index (χ0n) is 9.79. The first-order valence-corrected chi connectivity index (χ1v) is 6.22. The van der Waals surface area contributed by atoms with Crippen LogP contribution in [-0.4, -0.2) is 92.1 Å².